The fourth-order valence-corrected chi connectivity index (χ4v) is 1.95. The van der Waals surface area contributed by atoms with E-state index in [1.54, 1.807) is 7.05 Å². The average Bonchev–Trinajstić information content (AvgIpc) is 2.69. The minimum Gasteiger partial charge on any atom is -0.507 e. The van der Waals surface area contributed by atoms with Crippen LogP contribution in [0.2, 0.25) is 0 Å². The van der Waals surface area contributed by atoms with Gasteiger partial charge in [0.2, 0.25) is 5.95 Å². The normalized spacial score (nSPS) is 11.1. The van der Waals surface area contributed by atoms with Crippen LogP contribution in [-0.4, -0.2) is 24.9 Å². The fourth-order valence-electron chi connectivity index (χ4n) is 1.95. The second-order valence-electron chi connectivity index (χ2n) is 4.10. The van der Waals surface area contributed by atoms with Gasteiger partial charge in [-0.1, -0.05) is 0 Å². The molecular formula is C12H10FN5O. The molecular weight excluding hydrogens is 249 g/mol. The lowest BCUT2D eigenvalue weighted by atomic mass is 10.1. The summed E-state index contributed by atoms with van der Waals surface area (Å²) in [4.78, 5) is 7.96. The Balaban J connectivity index is 2.34. The molecule has 0 atom stereocenters. The Kier molecular flexibility index (Phi) is 2.34. The number of nitrogens with zero attached hydrogens (tertiary/aromatic N) is 4. The topological polar surface area (TPSA) is 89.8 Å². The van der Waals surface area contributed by atoms with Crippen molar-refractivity contribution in [2.75, 3.05) is 5.73 Å². The van der Waals surface area contributed by atoms with E-state index in [0.29, 0.717) is 22.3 Å². The molecule has 0 saturated carbocycles. The Morgan fingerprint density at radius 3 is 2.95 bits per heavy atom. The predicted molar refractivity (Wildman–Crippen MR) is 67.8 cm³/mol. The molecule has 0 radical (unpaired) electrons. The van der Waals surface area contributed by atoms with Crippen LogP contribution in [0, 0.1) is 5.82 Å². The third kappa shape index (κ3) is 1.75. The summed E-state index contributed by atoms with van der Waals surface area (Å²) in [6.07, 6.45) is 1.50. The summed E-state index contributed by atoms with van der Waals surface area (Å²) in [6.45, 7) is 0. The van der Waals surface area contributed by atoms with Gasteiger partial charge in [-0.2, -0.15) is 10.1 Å². The zero-order chi connectivity index (χ0) is 13.6. The van der Waals surface area contributed by atoms with Crippen molar-refractivity contribution in [3.8, 4) is 17.0 Å². The van der Waals surface area contributed by atoms with Crippen molar-refractivity contribution >= 4 is 17.0 Å². The first-order chi connectivity index (χ1) is 9.06. The van der Waals surface area contributed by atoms with Crippen molar-refractivity contribution in [3.63, 3.8) is 0 Å². The number of aromatic nitrogens is 4. The molecule has 0 aliphatic rings. The number of nitrogens with two attached hydrogens (primary N) is 1. The highest BCUT2D eigenvalue weighted by atomic mass is 19.1. The van der Waals surface area contributed by atoms with Gasteiger partial charge in [-0.3, -0.25) is 0 Å². The monoisotopic (exact) mass is 259 g/mol. The largest absolute Gasteiger partial charge is 0.507 e. The highest BCUT2D eigenvalue weighted by molar-refractivity contribution is 5.92. The molecule has 3 N–H and O–H groups in total. The van der Waals surface area contributed by atoms with Gasteiger partial charge in [-0.25, -0.2) is 14.1 Å². The quantitative estimate of drug-likeness (QED) is 0.690. The van der Waals surface area contributed by atoms with Crippen molar-refractivity contribution in [3.05, 3.63) is 30.2 Å². The van der Waals surface area contributed by atoms with E-state index in [1.165, 1.54) is 29.1 Å². The first kappa shape index (κ1) is 11.4. The van der Waals surface area contributed by atoms with Gasteiger partial charge in [-0.05, 0) is 18.2 Å². The minimum atomic E-state index is -0.456. The number of rotatable bonds is 1. The highest BCUT2D eigenvalue weighted by Gasteiger charge is 2.16. The number of phenolic OH excluding ortho intramolecular Hbond substituents is 1. The van der Waals surface area contributed by atoms with E-state index in [1.807, 2.05) is 0 Å². The second-order valence-corrected chi connectivity index (χ2v) is 4.10. The van der Waals surface area contributed by atoms with Crippen LogP contribution in [0.15, 0.2) is 24.4 Å². The zero-order valence-corrected chi connectivity index (χ0v) is 10.0. The molecule has 1 aromatic carbocycles. The van der Waals surface area contributed by atoms with Crippen LogP contribution in [0.25, 0.3) is 22.3 Å². The van der Waals surface area contributed by atoms with Crippen molar-refractivity contribution in [2.24, 2.45) is 7.05 Å². The van der Waals surface area contributed by atoms with E-state index >= 15 is 0 Å². The third-order valence-corrected chi connectivity index (χ3v) is 2.81. The molecule has 3 aromatic rings. The van der Waals surface area contributed by atoms with Crippen LogP contribution >= 0.6 is 0 Å². The number of fused-ring (bicyclic) bond motifs is 1. The summed E-state index contributed by atoms with van der Waals surface area (Å²) in [5, 5.41) is 14.7. The van der Waals surface area contributed by atoms with Crippen molar-refractivity contribution in [2.45, 2.75) is 0 Å². The maximum Gasteiger partial charge on any atom is 0.222 e. The Bertz CT molecular complexity index is 783. The number of halogens is 1. The molecule has 0 fully saturated rings. The number of aromatic hydroxyl groups is 1. The van der Waals surface area contributed by atoms with Crippen LogP contribution in [0.4, 0.5) is 10.3 Å². The number of aryl methyl sites for hydroxylation is 1. The van der Waals surface area contributed by atoms with Gasteiger partial charge in [0.1, 0.15) is 17.3 Å². The molecule has 0 aliphatic carbocycles. The molecule has 0 spiro atoms. The van der Waals surface area contributed by atoms with E-state index in [4.69, 9.17) is 5.73 Å². The Morgan fingerprint density at radius 2 is 2.16 bits per heavy atom. The molecule has 19 heavy (non-hydrogen) atoms. The van der Waals surface area contributed by atoms with Gasteiger partial charge in [0.25, 0.3) is 0 Å². The summed E-state index contributed by atoms with van der Waals surface area (Å²) >= 11 is 0. The first-order valence-corrected chi connectivity index (χ1v) is 5.50. The summed E-state index contributed by atoms with van der Waals surface area (Å²) in [7, 11) is 1.69. The zero-order valence-electron chi connectivity index (χ0n) is 10.0. The Morgan fingerprint density at radius 1 is 1.37 bits per heavy atom. The van der Waals surface area contributed by atoms with Crippen molar-refractivity contribution < 1.29 is 9.50 Å². The summed E-state index contributed by atoms with van der Waals surface area (Å²) in [6, 6.07) is 3.68. The van der Waals surface area contributed by atoms with E-state index in [2.05, 4.69) is 15.1 Å². The second kappa shape index (κ2) is 3.91. The molecule has 96 valence electrons. The van der Waals surface area contributed by atoms with Gasteiger partial charge >= 0.3 is 0 Å². The lowest BCUT2D eigenvalue weighted by Crippen LogP contribution is -1.97. The van der Waals surface area contributed by atoms with E-state index in [-0.39, 0.29) is 11.7 Å². The van der Waals surface area contributed by atoms with Gasteiger partial charge in [0.15, 0.2) is 5.65 Å². The maximum absolute atomic E-state index is 13.3. The van der Waals surface area contributed by atoms with Crippen LogP contribution in [-0.2, 0) is 7.05 Å². The maximum atomic E-state index is 13.3. The molecule has 7 heteroatoms. The number of nitrogen functional groups attached to an aromatic ring is 1. The SMILES string of the molecule is Cn1nc(-c2cc(F)ccc2O)c2cnc(N)nc21. The van der Waals surface area contributed by atoms with E-state index in [0.717, 1.165) is 0 Å². The van der Waals surface area contributed by atoms with Crippen molar-refractivity contribution in [1.29, 1.82) is 0 Å². The number of hydrogen-bond acceptors (Lipinski definition) is 5. The molecule has 0 bridgehead atoms. The van der Waals surface area contributed by atoms with Crippen LogP contribution < -0.4 is 5.73 Å². The number of phenols is 1. The van der Waals surface area contributed by atoms with Gasteiger partial charge in [0.05, 0.1) is 5.39 Å². The van der Waals surface area contributed by atoms with Gasteiger partial charge < -0.3 is 10.8 Å². The lowest BCUT2D eigenvalue weighted by molar-refractivity contribution is 0.475. The predicted octanol–water partition coefficient (Wildman–Crippen LogP) is 1.46. The van der Waals surface area contributed by atoms with Gasteiger partial charge in [0, 0.05) is 18.8 Å². The highest BCUT2D eigenvalue weighted by Crippen LogP contribution is 2.33. The van der Waals surface area contributed by atoms with Crippen LogP contribution in [0.1, 0.15) is 0 Å². The third-order valence-electron chi connectivity index (χ3n) is 2.81. The number of benzene rings is 1. The molecule has 0 saturated heterocycles. The number of hydrogen-bond donors (Lipinski definition) is 2. The lowest BCUT2D eigenvalue weighted by Gasteiger charge is -2.01. The minimum absolute atomic E-state index is 0.0572. The average molecular weight is 259 g/mol. The first-order valence-electron chi connectivity index (χ1n) is 5.50. The standard InChI is InChI=1S/C12H10FN5O/c1-18-11-8(5-15-12(14)16-11)10(17-18)7-4-6(13)2-3-9(7)19/h2-5,19H,1H3,(H2,14,15,16). The van der Waals surface area contributed by atoms with Crippen molar-refractivity contribution in [1.82, 2.24) is 19.7 Å². The Hall–Kier alpha value is -2.70. The molecule has 0 amide bonds. The summed E-state index contributed by atoms with van der Waals surface area (Å²) in [5.41, 5.74) is 6.74. The van der Waals surface area contributed by atoms with Crippen LogP contribution in [0.3, 0.4) is 0 Å². The molecule has 0 aliphatic heterocycles. The number of anilines is 1. The smallest absolute Gasteiger partial charge is 0.222 e. The molecule has 3 rings (SSSR count). The molecule has 2 heterocycles. The Labute approximate surface area is 107 Å². The summed E-state index contributed by atoms with van der Waals surface area (Å²) in [5.74, 6) is -0.383. The van der Waals surface area contributed by atoms with Gasteiger partial charge in [-0.15, -0.1) is 0 Å². The van der Waals surface area contributed by atoms with Crippen LogP contribution in [0.5, 0.6) is 5.75 Å². The fraction of sp³-hybridized carbons (Fsp3) is 0.0833. The van der Waals surface area contributed by atoms with E-state index < -0.39 is 5.82 Å². The van der Waals surface area contributed by atoms with E-state index in [9.17, 15) is 9.50 Å². The summed E-state index contributed by atoms with van der Waals surface area (Å²) < 4.78 is 14.8. The molecule has 2 aromatic heterocycles. The molecule has 6 nitrogen and oxygen atoms in total. The molecule has 0 unspecified atom stereocenters.